The summed E-state index contributed by atoms with van der Waals surface area (Å²) in [5, 5.41) is 2.88. The molecule has 1 amide bonds. The first kappa shape index (κ1) is 21.0. The van der Waals surface area contributed by atoms with Gasteiger partial charge >= 0.3 is 0 Å². The average molecular weight is 385 g/mol. The van der Waals surface area contributed by atoms with Crippen LogP contribution in [0.4, 0.5) is 0 Å². The Hall–Kier alpha value is -2.02. The summed E-state index contributed by atoms with van der Waals surface area (Å²) < 4.78 is 7.26. The molecular formula is C17H22Cl2N4O2. The SMILES string of the molecule is Cl.Cl.Cn1c(CCCNC(=O)c2coc(CN)c2)nc2ccccc21. The summed E-state index contributed by atoms with van der Waals surface area (Å²) in [6.07, 6.45) is 3.07. The van der Waals surface area contributed by atoms with Crippen molar-refractivity contribution in [3.63, 3.8) is 0 Å². The van der Waals surface area contributed by atoms with Gasteiger partial charge in [-0.3, -0.25) is 4.79 Å². The van der Waals surface area contributed by atoms with Crippen LogP contribution in [-0.4, -0.2) is 22.0 Å². The van der Waals surface area contributed by atoms with Crippen molar-refractivity contribution in [2.75, 3.05) is 6.54 Å². The highest BCUT2D eigenvalue weighted by atomic mass is 35.5. The van der Waals surface area contributed by atoms with Crippen molar-refractivity contribution < 1.29 is 9.21 Å². The molecule has 0 aliphatic carbocycles. The topological polar surface area (TPSA) is 86.1 Å². The number of benzene rings is 1. The van der Waals surface area contributed by atoms with E-state index in [0.717, 1.165) is 29.7 Å². The number of hydrogen-bond acceptors (Lipinski definition) is 4. The second-order valence-electron chi connectivity index (χ2n) is 5.44. The zero-order valence-electron chi connectivity index (χ0n) is 13.9. The number of furan rings is 1. The molecule has 6 nitrogen and oxygen atoms in total. The molecule has 0 unspecified atom stereocenters. The number of aromatic nitrogens is 2. The maximum absolute atomic E-state index is 12.0. The van der Waals surface area contributed by atoms with E-state index in [1.54, 1.807) is 6.07 Å². The van der Waals surface area contributed by atoms with Gasteiger partial charge in [-0.05, 0) is 24.6 Å². The quantitative estimate of drug-likeness (QED) is 0.639. The van der Waals surface area contributed by atoms with E-state index < -0.39 is 0 Å². The van der Waals surface area contributed by atoms with E-state index in [9.17, 15) is 4.79 Å². The molecule has 0 radical (unpaired) electrons. The van der Waals surface area contributed by atoms with Gasteiger partial charge in [0, 0.05) is 20.0 Å². The zero-order chi connectivity index (χ0) is 16.2. The Bertz CT molecular complexity index is 829. The molecule has 136 valence electrons. The fourth-order valence-electron chi connectivity index (χ4n) is 2.58. The van der Waals surface area contributed by atoms with E-state index in [2.05, 4.69) is 20.9 Å². The van der Waals surface area contributed by atoms with E-state index in [1.165, 1.54) is 6.26 Å². The highest BCUT2D eigenvalue weighted by Gasteiger charge is 2.10. The minimum absolute atomic E-state index is 0. The molecule has 0 aliphatic rings. The molecule has 0 saturated carbocycles. The number of halogens is 2. The maximum Gasteiger partial charge on any atom is 0.254 e. The fourth-order valence-corrected chi connectivity index (χ4v) is 2.58. The van der Waals surface area contributed by atoms with Gasteiger partial charge in [0.15, 0.2) is 0 Å². The molecule has 0 saturated heterocycles. The Morgan fingerprint density at radius 1 is 1.32 bits per heavy atom. The van der Waals surface area contributed by atoms with Gasteiger partial charge in [0.1, 0.15) is 17.8 Å². The molecule has 3 rings (SSSR count). The summed E-state index contributed by atoms with van der Waals surface area (Å²) in [5.74, 6) is 1.49. The minimum atomic E-state index is -0.140. The Morgan fingerprint density at radius 3 is 2.76 bits per heavy atom. The Balaban J connectivity index is 0.00000156. The van der Waals surface area contributed by atoms with Gasteiger partial charge in [0.25, 0.3) is 5.91 Å². The molecule has 0 fully saturated rings. The number of aryl methyl sites for hydroxylation is 2. The lowest BCUT2D eigenvalue weighted by Gasteiger charge is -2.04. The van der Waals surface area contributed by atoms with Crippen molar-refractivity contribution in [2.45, 2.75) is 19.4 Å². The summed E-state index contributed by atoms with van der Waals surface area (Å²) in [7, 11) is 2.02. The number of imidazole rings is 1. The molecule has 0 spiro atoms. The molecule has 3 N–H and O–H groups in total. The molecule has 2 heterocycles. The summed E-state index contributed by atoms with van der Waals surface area (Å²) in [6, 6.07) is 9.73. The number of amides is 1. The Labute approximate surface area is 158 Å². The van der Waals surface area contributed by atoms with Gasteiger partial charge in [-0.2, -0.15) is 0 Å². The van der Waals surface area contributed by atoms with Crippen molar-refractivity contribution in [1.82, 2.24) is 14.9 Å². The van der Waals surface area contributed by atoms with Crippen LogP contribution in [0, 0.1) is 0 Å². The predicted octanol–water partition coefficient (Wildman–Crippen LogP) is 2.83. The van der Waals surface area contributed by atoms with Crippen LogP contribution in [0.5, 0.6) is 0 Å². The van der Waals surface area contributed by atoms with Crippen LogP contribution in [-0.2, 0) is 20.0 Å². The Kier molecular flexibility index (Phi) is 7.96. The van der Waals surface area contributed by atoms with E-state index in [0.29, 0.717) is 24.4 Å². The summed E-state index contributed by atoms with van der Waals surface area (Å²) in [6.45, 7) is 0.880. The number of para-hydroxylation sites is 2. The average Bonchev–Trinajstić information content (AvgIpc) is 3.17. The van der Waals surface area contributed by atoms with Crippen molar-refractivity contribution in [1.29, 1.82) is 0 Å². The van der Waals surface area contributed by atoms with E-state index in [-0.39, 0.29) is 30.7 Å². The highest BCUT2D eigenvalue weighted by Crippen LogP contribution is 2.15. The molecule has 25 heavy (non-hydrogen) atoms. The van der Waals surface area contributed by atoms with Crippen LogP contribution >= 0.6 is 24.8 Å². The van der Waals surface area contributed by atoms with Crippen molar-refractivity contribution in [3.8, 4) is 0 Å². The molecule has 8 heteroatoms. The van der Waals surface area contributed by atoms with Gasteiger partial charge in [-0.15, -0.1) is 24.8 Å². The van der Waals surface area contributed by atoms with E-state index in [4.69, 9.17) is 10.2 Å². The number of carbonyl (C=O) groups is 1. The summed E-state index contributed by atoms with van der Waals surface area (Å²) >= 11 is 0. The Morgan fingerprint density at radius 2 is 2.08 bits per heavy atom. The van der Waals surface area contributed by atoms with Crippen molar-refractivity contribution in [2.24, 2.45) is 12.8 Å². The predicted molar refractivity (Wildman–Crippen MR) is 102 cm³/mol. The van der Waals surface area contributed by atoms with Crippen molar-refractivity contribution in [3.05, 3.63) is 53.7 Å². The second-order valence-corrected chi connectivity index (χ2v) is 5.44. The molecule has 0 aliphatic heterocycles. The van der Waals surface area contributed by atoms with Gasteiger partial charge in [-0.25, -0.2) is 4.98 Å². The fraction of sp³-hybridized carbons (Fsp3) is 0.294. The van der Waals surface area contributed by atoms with Crippen LogP contribution < -0.4 is 11.1 Å². The first-order chi connectivity index (χ1) is 11.2. The number of nitrogens with one attached hydrogen (secondary N) is 1. The minimum Gasteiger partial charge on any atom is -0.467 e. The molecular weight excluding hydrogens is 363 g/mol. The van der Waals surface area contributed by atoms with Crippen LogP contribution in [0.1, 0.15) is 28.4 Å². The van der Waals surface area contributed by atoms with Gasteiger partial charge in [-0.1, -0.05) is 12.1 Å². The van der Waals surface area contributed by atoms with Crippen LogP contribution in [0.25, 0.3) is 11.0 Å². The first-order valence-corrected chi connectivity index (χ1v) is 7.65. The molecule has 2 aromatic heterocycles. The van der Waals surface area contributed by atoms with E-state index >= 15 is 0 Å². The second kappa shape index (κ2) is 9.46. The normalized spacial score (nSPS) is 10.2. The van der Waals surface area contributed by atoms with E-state index in [1.807, 2.05) is 25.2 Å². The third kappa shape index (κ3) is 4.75. The number of rotatable bonds is 6. The number of fused-ring (bicyclic) bond motifs is 1. The van der Waals surface area contributed by atoms with Crippen LogP contribution in [0.3, 0.4) is 0 Å². The molecule has 3 aromatic rings. The maximum atomic E-state index is 12.0. The van der Waals surface area contributed by atoms with Crippen LogP contribution in [0.2, 0.25) is 0 Å². The lowest BCUT2D eigenvalue weighted by Crippen LogP contribution is -2.24. The number of hydrogen-bond donors (Lipinski definition) is 2. The lowest BCUT2D eigenvalue weighted by atomic mass is 10.2. The van der Waals surface area contributed by atoms with Crippen LogP contribution in [0.15, 0.2) is 41.0 Å². The third-order valence-corrected chi connectivity index (χ3v) is 3.86. The lowest BCUT2D eigenvalue weighted by molar-refractivity contribution is 0.0952. The highest BCUT2D eigenvalue weighted by molar-refractivity contribution is 5.93. The number of nitrogens with two attached hydrogens (primary N) is 1. The standard InChI is InChI=1S/C17H20N4O2.2ClH/c1-21-15-6-3-2-5-14(15)20-16(21)7-4-8-19-17(22)12-9-13(10-18)23-11-12;;/h2-3,5-6,9,11H,4,7-8,10,18H2,1H3,(H,19,22);2*1H. The largest absolute Gasteiger partial charge is 0.467 e. The summed E-state index contributed by atoms with van der Waals surface area (Å²) in [5.41, 5.74) is 8.09. The molecule has 0 bridgehead atoms. The molecule has 1 aromatic carbocycles. The van der Waals surface area contributed by atoms with Gasteiger partial charge in [0.05, 0.1) is 23.1 Å². The monoisotopic (exact) mass is 384 g/mol. The number of nitrogens with zero attached hydrogens (tertiary/aromatic N) is 2. The smallest absolute Gasteiger partial charge is 0.254 e. The zero-order valence-corrected chi connectivity index (χ0v) is 15.5. The third-order valence-electron chi connectivity index (χ3n) is 3.86. The van der Waals surface area contributed by atoms with Gasteiger partial charge < -0.3 is 20.0 Å². The van der Waals surface area contributed by atoms with Crippen molar-refractivity contribution >= 4 is 41.8 Å². The van der Waals surface area contributed by atoms with Gasteiger partial charge in [0.2, 0.25) is 0 Å². The molecule has 0 atom stereocenters. The number of carbonyl (C=O) groups excluding carboxylic acids is 1. The summed E-state index contributed by atoms with van der Waals surface area (Å²) in [4.78, 5) is 16.6. The first-order valence-electron chi connectivity index (χ1n) is 7.65.